The Balaban J connectivity index is 1.63. The third kappa shape index (κ3) is 4.76. The van der Waals surface area contributed by atoms with Crippen LogP contribution in [0.2, 0.25) is 5.02 Å². The maximum absolute atomic E-state index is 12.8. The molecule has 0 aliphatic carbocycles. The molecule has 2 aromatic rings. The molecule has 0 spiro atoms. The predicted octanol–water partition coefficient (Wildman–Crippen LogP) is 2.61. The number of amides is 1. The molecule has 29 heavy (non-hydrogen) atoms. The Morgan fingerprint density at radius 1 is 1.31 bits per heavy atom. The van der Waals surface area contributed by atoms with E-state index in [0.717, 1.165) is 4.31 Å². The van der Waals surface area contributed by atoms with Crippen LogP contribution in [0.15, 0.2) is 40.6 Å². The predicted molar refractivity (Wildman–Crippen MR) is 107 cm³/mol. The zero-order valence-electron chi connectivity index (χ0n) is 15.0. The van der Waals surface area contributed by atoms with Crippen LogP contribution in [0.3, 0.4) is 0 Å². The maximum atomic E-state index is 12.8. The van der Waals surface area contributed by atoms with E-state index >= 15 is 0 Å². The second-order valence-electron chi connectivity index (χ2n) is 6.16. The zero-order chi connectivity index (χ0) is 21.0. The first-order chi connectivity index (χ1) is 13.8. The van der Waals surface area contributed by atoms with Gasteiger partial charge in [-0.1, -0.05) is 11.6 Å². The highest BCUT2D eigenvalue weighted by Gasteiger charge is 2.40. The van der Waals surface area contributed by atoms with Crippen molar-refractivity contribution in [2.75, 3.05) is 18.5 Å². The Hall–Kier alpha value is -2.45. The van der Waals surface area contributed by atoms with Crippen LogP contribution in [0.5, 0.6) is 0 Å². The van der Waals surface area contributed by atoms with Crippen LogP contribution in [0.4, 0.5) is 5.00 Å². The minimum absolute atomic E-state index is 0.0288. The van der Waals surface area contributed by atoms with Crippen molar-refractivity contribution in [3.63, 3.8) is 0 Å². The van der Waals surface area contributed by atoms with Gasteiger partial charge in [0.05, 0.1) is 10.5 Å². The number of carbonyl (C=O) groups is 2. The van der Waals surface area contributed by atoms with Crippen molar-refractivity contribution in [3.8, 4) is 6.07 Å². The van der Waals surface area contributed by atoms with Gasteiger partial charge in [0.1, 0.15) is 17.1 Å². The van der Waals surface area contributed by atoms with Crippen molar-refractivity contribution in [2.24, 2.45) is 0 Å². The summed E-state index contributed by atoms with van der Waals surface area (Å²) in [5.41, 5.74) is 0.311. The third-order valence-corrected chi connectivity index (χ3v) is 7.28. The van der Waals surface area contributed by atoms with E-state index in [-0.39, 0.29) is 11.4 Å². The van der Waals surface area contributed by atoms with Gasteiger partial charge in [-0.15, -0.1) is 11.3 Å². The summed E-state index contributed by atoms with van der Waals surface area (Å²) in [5, 5.41) is 13.9. The van der Waals surface area contributed by atoms with Crippen LogP contribution in [-0.2, 0) is 24.3 Å². The quantitative estimate of drug-likeness (QED) is 0.672. The molecule has 1 aliphatic heterocycles. The Morgan fingerprint density at radius 3 is 2.72 bits per heavy atom. The van der Waals surface area contributed by atoms with Crippen LogP contribution in [-0.4, -0.2) is 43.8 Å². The van der Waals surface area contributed by atoms with Crippen LogP contribution in [0.25, 0.3) is 0 Å². The lowest BCUT2D eigenvalue weighted by atomic mass is 10.2. The fraction of sp³-hybridized carbons (Fsp3) is 0.278. The lowest BCUT2D eigenvalue weighted by Crippen LogP contribution is -2.42. The Labute approximate surface area is 176 Å². The Bertz CT molecular complexity index is 1060. The van der Waals surface area contributed by atoms with Gasteiger partial charge < -0.3 is 10.1 Å². The van der Waals surface area contributed by atoms with E-state index < -0.39 is 34.5 Å². The highest BCUT2D eigenvalue weighted by atomic mass is 35.5. The summed E-state index contributed by atoms with van der Waals surface area (Å²) in [5.74, 6) is -1.40. The summed E-state index contributed by atoms with van der Waals surface area (Å²) >= 11 is 6.98. The normalized spacial score (nSPS) is 16.9. The number of hydrogen-bond donors (Lipinski definition) is 1. The summed E-state index contributed by atoms with van der Waals surface area (Å²) in [4.78, 5) is 24.5. The number of rotatable bonds is 6. The molecular formula is C18H16ClN3O5S2. The van der Waals surface area contributed by atoms with E-state index in [4.69, 9.17) is 21.6 Å². The summed E-state index contributed by atoms with van der Waals surface area (Å²) in [6.45, 7) is -0.398. The molecule has 3 rings (SSSR count). The Kier molecular flexibility index (Phi) is 6.54. The molecule has 11 heteroatoms. The molecule has 0 saturated carbocycles. The number of ether oxygens (including phenoxy) is 1. The number of thiophene rings is 1. The van der Waals surface area contributed by atoms with Crippen molar-refractivity contribution >= 4 is 49.8 Å². The molecule has 1 atom stereocenters. The topological polar surface area (TPSA) is 117 Å². The number of nitrogens with zero attached hydrogens (tertiary/aromatic N) is 2. The number of nitrogens with one attached hydrogen (secondary N) is 1. The Morgan fingerprint density at radius 2 is 2.03 bits per heavy atom. The number of anilines is 1. The number of sulfonamides is 1. The van der Waals surface area contributed by atoms with Crippen LogP contribution >= 0.6 is 22.9 Å². The van der Waals surface area contributed by atoms with Gasteiger partial charge in [0.15, 0.2) is 6.61 Å². The molecule has 0 bridgehead atoms. The van der Waals surface area contributed by atoms with Gasteiger partial charge in [0.25, 0.3) is 5.91 Å². The lowest BCUT2D eigenvalue weighted by molar-refractivity contribution is -0.150. The van der Waals surface area contributed by atoms with Crippen LogP contribution < -0.4 is 5.32 Å². The molecule has 0 radical (unpaired) electrons. The number of hydrogen-bond acceptors (Lipinski definition) is 7. The van der Waals surface area contributed by atoms with Crippen molar-refractivity contribution < 1.29 is 22.7 Å². The maximum Gasteiger partial charge on any atom is 0.324 e. The molecule has 1 unspecified atom stereocenters. The van der Waals surface area contributed by atoms with Crippen molar-refractivity contribution in [2.45, 2.75) is 23.8 Å². The second-order valence-corrected chi connectivity index (χ2v) is 9.40. The summed E-state index contributed by atoms with van der Waals surface area (Å²) in [7, 11) is -3.90. The SMILES string of the molecule is N#Cc1ccsc1NC(=O)COC(=O)C1CCCN1S(=O)(=O)c1ccc(Cl)cc1. The first-order valence-electron chi connectivity index (χ1n) is 8.54. The van der Waals surface area contributed by atoms with Gasteiger partial charge in [0.2, 0.25) is 10.0 Å². The zero-order valence-corrected chi connectivity index (χ0v) is 17.4. The van der Waals surface area contributed by atoms with Crippen molar-refractivity contribution in [3.05, 3.63) is 46.3 Å². The molecule has 152 valence electrons. The molecule has 1 amide bonds. The minimum atomic E-state index is -3.90. The van der Waals surface area contributed by atoms with Crippen LogP contribution in [0, 0.1) is 11.3 Å². The number of nitriles is 1. The lowest BCUT2D eigenvalue weighted by Gasteiger charge is -2.22. The van der Waals surface area contributed by atoms with E-state index in [0.29, 0.717) is 28.4 Å². The molecule has 2 heterocycles. The summed E-state index contributed by atoms with van der Waals surface area (Å²) in [6.07, 6.45) is 0.802. The monoisotopic (exact) mass is 453 g/mol. The largest absolute Gasteiger partial charge is 0.454 e. The molecule has 1 fully saturated rings. The molecule has 1 aromatic carbocycles. The smallest absolute Gasteiger partial charge is 0.324 e. The van der Waals surface area contributed by atoms with Gasteiger partial charge in [-0.3, -0.25) is 9.59 Å². The number of carbonyl (C=O) groups excluding carboxylic acids is 2. The molecule has 1 aliphatic rings. The molecule has 1 N–H and O–H groups in total. The van der Waals surface area contributed by atoms with E-state index in [1.807, 2.05) is 6.07 Å². The summed E-state index contributed by atoms with van der Waals surface area (Å²) < 4.78 is 31.8. The van der Waals surface area contributed by atoms with Gasteiger partial charge in [0, 0.05) is 11.6 Å². The number of benzene rings is 1. The fourth-order valence-electron chi connectivity index (χ4n) is 2.90. The standard InChI is InChI=1S/C18H16ClN3O5S2/c19-13-3-5-14(6-4-13)29(25,26)22-8-1-2-15(22)18(24)27-11-16(23)21-17-12(10-20)7-9-28-17/h3-7,9,15H,1-2,8,11H2,(H,21,23). The molecule has 8 nitrogen and oxygen atoms in total. The average molecular weight is 454 g/mol. The van der Waals surface area contributed by atoms with E-state index in [1.54, 1.807) is 11.4 Å². The number of halogens is 1. The van der Waals surface area contributed by atoms with E-state index in [1.165, 1.54) is 35.6 Å². The van der Waals surface area contributed by atoms with Crippen molar-refractivity contribution in [1.29, 1.82) is 5.26 Å². The van der Waals surface area contributed by atoms with Gasteiger partial charge >= 0.3 is 5.97 Å². The summed E-state index contributed by atoms with van der Waals surface area (Å²) in [6, 6.07) is 8.17. The van der Waals surface area contributed by atoms with E-state index in [9.17, 15) is 18.0 Å². The van der Waals surface area contributed by atoms with Gasteiger partial charge in [-0.05, 0) is 48.6 Å². The molecular weight excluding hydrogens is 438 g/mol. The highest BCUT2D eigenvalue weighted by Crippen LogP contribution is 2.27. The highest BCUT2D eigenvalue weighted by molar-refractivity contribution is 7.89. The van der Waals surface area contributed by atoms with Gasteiger partial charge in [-0.25, -0.2) is 8.42 Å². The van der Waals surface area contributed by atoms with Crippen molar-refractivity contribution in [1.82, 2.24) is 4.31 Å². The number of esters is 1. The average Bonchev–Trinajstić information content (AvgIpc) is 3.36. The third-order valence-electron chi connectivity index (χ3n) is 4.28. The van der Waals surface area contributed by atoms with E-state index in [2.05, 4.69) is 5.32 Å². The minimum Gasteiger partial charge on any atom is -0.454 e. The van der Waals surface area contributed by atoms with Crippen LogP contribution in [0.1, 0.15) is 18.4 Å². The first-order valence-corrected chi connectivity index (χ1v) is 11.2. The van der Waals surface area contributed by atoms with Gasteiger partial charge in [-0.2, -0.15) is 9.57 Å². The first kappa shape index (κ1) is 21.3. The second kappa shape index (κ2) is 8.92. The molecule has 1 saturated heterocycles. The molecule has 1 aromatic heterocycles. The fourth-order valence-corrected chi connectivity index (χ4v) is 5.42.